The monoisotopic (exact) mass is 292 g/mol. The first-order valence-electron chi connectivity index (χ1n) is 6.17. The van der Waals surface area contributed by atoms with E-state index in [0.717, 1.165) is 0 Å². The Bertz CT molecular complexity index is 640. The fraction of sp³-hybridized carbons (Fsp3) is 0.417. The average Bonchev–Trinajstić information content (AvgIpc) is 2.91. The van der Waals surface area contributed by atoms with Crippen LogP contribution in [0, 0.1) is 6.92 Å². The molecule has 2 aromatic heterocycles. The molecule has 0 atom stereocenters. The van der Waals surface area contributed by atoms with Crippen LogP contribution in [0.5, 0.6) is 6.01 Å². The van der Waals surface area contributed by atoms with E-state index in [1.54, 1.807) is 32.0 Å². The lowest BCUT2D eigenvalue weighted by molar-refractivity contribution is 0.0940. The van der Waals surface area contributed by atoms with Crippen LogP contribution >= 0.6 is 0 Å². The van der Waals surface area contributed by atoms with E-state index in [4.69, 9.17) is 9.26 Å². The van der Waals surface area contributed by atoms with Gasteiger partial charge in [0.05, 0.1) is 13.7 Å². The van der Waals surface area contributed by atoms with Gasteiger partial charge in [-0.3, -0.25) is 4.79 Å². The highest BCUT2D eigenvalue weighted by molar-refractivity contribution is 5.92. The Morgan fingerprint density at radius 3 is 2.71 bits per heavy atom. The van der Waals surface area contributed by atoms with E-state index in [1.165, 1.54) is 7.11 Å². The molecule has 0 bridgehead atoms. The number of hydrogen-bond acceptors (Lipinski definition) is 8. The summed E-state index contributed by atoms with van der Waals surface area (Å²) >= 11 is 0. The number of carbonyl (C=O) groups excluding carboxylic acids is 1. The number of rotatable bonds is 5. The largest absolute Gasteiger partial charge is 0.467 e. The van der Waals surface area contributed by atoms with Crippen LogP contribution in [-0.2, 0) is 6.54 Å². The summed E-state index contributed by atoms with van der Waals surface area (Å²) in [6.07, 6.45) is 0. The standard InChI is InChI=1S/C12H16N6O3/c1-7-5-8(17-21-7)10(19)13-6-9-14-11(18(2)3)16-12(15-9)20-4/h5H,6H2,1-4H3,(H,13,19). The van der Waals surface area contributed by atoms with E-state index in [-0.39, 0.29) is 24.2 Å². The molecule has 0 saturated heterocycles. The number of carbonyl (C=O) groups is 1. The van der Waals surface area contributed by atoms with E-state index >= 15 is 0 Å². The van der Waals surface area contributed by atoms with Crippen LogP contribution in [0.4, 0.5) is 5.95 Å². The first-order valence-corrected chi connectivity index (χ1v) is 6.17. The van der Waals surface area contributed by atoms with Gasteiger partial charge in [-0.2, -0.15) is 15.0 Å². The zero-order chi connectivity index (χ0) is 15.4. The highest BCUT2D eigenvalue weighted by Gasteiger charge is 2.13. The number of nitrogens with zero attached hydrogens (tertiary/aromatic N) is 5. The van der Waals surface area contributed by atoms with Crippen LogP contribution in [0.3, 0.4) is 0 Å². The van der Waals surface area contributed by atoms with Gasteiger partial charge in [0.25, 0.3) is 5.91 Å². The van der Waals surface area contributed by atoms with Crippen LogP contribution in [0.15, 0.2) is 10.6 Å². The Kier molecular flexibility index (Phi) is 4.31. The Balaban J connectivity index is 2.08. The molecule has 0 aliphatic heterocycles. The van der Waals surface area contributed by atoms with Crippen molar-refractivity contribution in [3.63, 3.8) is 0 Å². The Hall–Kier alpha value is -2.71. The van der Waals surface area contributed by atoms with E-state index in [1.807, 2.05) is 0 Å². The molecule has 0 fully saturated rings. The highest BCUT2D eigenvalue weighted by atomic mass is 16.5. The summed E-state index contributed by atoms with van der Waals surface area (Å²) < 4.78 is 9.86. The number of hydrogen-bond donors (Lipinski definition) is 1. The van der Waals surface area contributed by atoms with Gasteiger partial charge in [0.2, 0.25) is 5.95 Å². The van der Waals surface area contributed by atoms with Crippen molar-refractivity contribution in [2.75, 3.05) is 26.1 Å². The molecule has 0 unspecified atom stereocenters. The lowest BCUT2D eigenvalue weighted by Gasteiger charge is -2.12. The molecule has 0 aliphatic rings. The summed E-state index contributed by atoms with van der Waals surface area (Å²) in [6, 6.07) is 1.74. The average molecular weight is 292 g/mol. The van der Waals surface area contributed by atoms with E-state index in [0.29, 0.717) is 17.5 Å². The second kappa shape index (κ2) is 6.16. The fourth-order valence-electron chi connectivity index (χ4n) is 1.48. The van der Waals surface area contributed by atoms with Crippen LogP contribution in [0.1, 0.15) is 22.1 Å². The molecule has 0 aliphatic carbocycles. The molecule has 2 heterocycles. The van der Waals surface area contributed by atoms with Gasteiger partial charge in [-0.25, -0.2) is 0 Å². The Morgan fingerprint density at radius 1 is 1.38 bits per heavy atom. The van der Waals surface area contributed by atoms with Crippen LogP contribution in [0.2, 0.25) is 0 Å². The Morgan fingerprint density at radius 2 is 2.14 bits per heavy atom. The summed E-state index contributed by atoms with van der Waals surface area (Å²) in [7, 11) is 5.07. The third kappa shape index (κ3) is 3.65. The van der Waals surface area contributed by atoms with Gasteiger partial charge in [0, 0.05) is 20.2 Å². The minimum atomic E-state index is -0.363. The molecule has 2 aromatic rings. The van der Waals surface area contributed by atoms with Crippen molar-refractivity contribution in [2.24, 2.45) is 0 Å². The summed E-state index contributed by atoms with van der Waals surface area (Å²) in [5, 5.41) is 6.29. The number of amides is 1. The van der Waals surface area contributed by atoms with Gasteiger partial charge >= 0.3 is 6.01 Å². The zero-order valence-corrected chi connectivity index (χ0v) is 12.2. The molecule has 1 N–H and O–H groups in total. The number of nitrogens with one attached hydrogen (secondary N) is 1. The summed E-state index contributed by atoms with van der Waals surface area (Å²) in [6.45, 7) is 1.84. The number of aromatic nitrogens is 4. The quantitative estimate of drug-likeness (QED) is 0.831. The van der Waals surface area contributed by atoms with Crippen LogP contribution in [0.25, 0.3) is 0 Å². The maximum Gasteiger partial charge on any atom is 0.321 e. The molecule has 9 heteroatoms. The SMILES string of the molecule is COc1nc(CNC(=O)c2cc(C)on2)nc(N(C)C)n1. The number of aryl methyl sites for hydroxylation is 1. The van der Waals surface area contributed by atoms with Crippen molar-refractivity contribution in [3.8, 4) is 6.01 Å². The van der Waals surface area contributed by atoms with E-state index < -0.39 is 0 Å². The van der Waals surface area contributed by atoms with Crippen molar-refractivity contribution in [1.29, 1.82) is 0 Å². The minimum Gasteiger partial charge on any atom is -0.467 e. The van der Waals surface area contributed by atoms with Gasteiger partial charge < -0.3 is 19.5 Å². The molecule has 112 valence electrons. The molecular formula is C12H16N6O3. The third-order valence-electron chi connectivity index (χ3n) is 2.50. The smallest absolute Gasteiger partial charge is 0.321 e. The molecule has 0 saturated carbocycles. The highest BCUT2D eigenvalue weighted by Crippen LogP contribution is 2.09. The first-order chi connectivity index (χ1) is 9.99. The maximum absolute atomic E-state index is 11.9. The predicted octanol–water partition coefficient (Wildman–Crippen LogP) is 0.173. The van der Waals surface area contributed by atoms with E-state index in [2.05, 4.69) is 25.4 Å². The lowest BCUT2D eigenvalue weighted by Crippen LogP contribution is -2.25. The first kappa shape index (κ1) is 14.7. The van der Waals surface area contributed by atoms with Crippen molar-refractivity contribution in [2.45, 2.75) is 13.5 Å². The normalized spacial score (nSPS) is 10.3. The number of methoxy groups -OCH3 is 1. The van der Waals surface area contributed by atoms with Crippen molar-refractivity contribution in [3.05, 3.63) is 23.3 Å². The molecule has 2 rings (SSSR count). The molecule has 21 heavy (non-hydrogen) atoms. The fourth-order valence-corrected chi connectivity index (χ4v) is 1.48. The van der Waals surface area contributed by atoms with Crippen LogP contribution in [-0.4, -0.2) is 47.2 Å². The van der Waals surface area contributed by atoms with Crippen molar-refractivity contribution >= 4 is 11.9 Å². The number of ether oxygens (including phenoxy) is 1. The van der Waals surface area contributed by atoms with Gasteiger partial charge in [-0.1, -0.05) is 5.16 Å². The predicted molar refractivity (Wildman–Crippen MR) is 73.1 cm³/mol. The molecule has 0 radical (unpaired) electrons. The van der Waals surface area contributed by atoms with Gasteiger partial charge in [0.1, 0.15) is 5.76 Å². The van der Waals surface area contributed by atoms with Gasteiger partial charge in [0.15, 0.2) is 11.5 Å². The summed E-state index contributed by atoms with van der Waals surface area (Å²) in [5.74, 6) is 1.04. The minimum absolute atomic E-state index is 0.129. The lowest BCUT2D eigenvalue weighted by atomic mass is 10.3. The second-order valence-electron chi connectivity index (χ2n) is 4.44. The summed E-state index contributed by atoms with van der Waals surface area (Å²) in [4.78, 5) is 26.0. The maximum atomic E-state index is 11.9. The molecular weight excluding hydrogens is 276 g/mol. The molecule has 9 nitrogen and oxygen atoms in total. The third-order valence-corrected chi connectivity index (χ3v) is 2.50. The zero-order valence-electron chi connectivity index (χ0n) is 12.2. The second-order valence-corrected chi connectivity index (χ2v) is 4.44. The summed E-state index contributed by atoms with van der Waals surface area (Å²) in [5.41, 5.74) is 0.210. The molecule has 0 spiro atoms. The van der Waals surface area contributed by atoms with Gasteiger partial charge in [-0.05, 0) is 6.92 Å². The molecule has 0 aromatic carbocycles. The topological polar surface area (TPSA) is 106 Å². The molecule has 1 amide bonds. The van der Waals surface area contributed by atoms with Crippen molar-refractivity contribution in [1.82, 2.24) is 25.4 Å². The number of anilines is 1. The Labute approximate surface area is 121 Å². The van der Waals surface area contributed by atoms with E-state index in [9.17, 15) is 4.79 Å². The van der Waals surface area contributed by atoms with Crippen LogP contribution < -0.4 is 15.0 Å². The van der Waals surface area contributed by atoms with Gasteiger partial charge in [-0.15, -0.1) is 0 Å². The van der Waals surface area contributed by atoms with Crippen molar-refractivity contribution < 1.29 is 14.1 Å².